The molecule has 0 atom stereocenters. The molecule has 0 bridgehead atoms. The van der Waals surface area contributed by atoms with Crippen molar-refractivity contribution >= 4 is 11.5 Å². The van der Waals surface area contributed by atoms with Gasteiger partial charge in [0.15, 0.2) is 0 Å². The zero-order valence-corrected chi connectivity index (χ0v) is 12.4. The van der Waals surface area contributed by atoms with Crippen molar-refractivity contribution in [1.29, 1.82) is 0 Å². The van der Waals surface area contributed by atoms with Gasteiger partial charge in [-0.05, 0) is 51.3 Å². The molecule has 0 aliphatic heterocycles. The van der Waals surface area contributed by atoms with Crippen LogP contribution in [0.25, 0.3) is 5.57 Å². The summed E-state index contributed by atoms with van der Waals surface area (Å²) < 4.78 is 5.19. The second-order valence-corrected chi connectivity index (χ2v) is 5.56. The number of hydrogen-bond donors (Lipinski definition) is 0. The van der Waals surface area contributed by atoms with Gasteiger partial charge < -0.3 is 4.74 Å². The third kappa shape index (κ3) is 5.56. The third-order valence-electron chi connectivity index (χ3n) is 2.56. The van der Waals surface area contributed by atoms with Gasteiger partial charge in [-0.3, -0.25) is 0 Å². The zero-order valence-electron chi connectivity index (χ0n) is 12.4. The van der Waals surface area contributed by atoms with Gasteiger partial charge in [0.2, 0.25) is 0 Å². The molecule has 0 N–H and O–H groups in total. The Kier molecular flexibility index (Phi) is 5.11. The normalized spacial score (nSPS) is 12.8. The van der Waals surface area contributed by atoms with Gasteiger partial charge in [-0.15, -0.1) is 0 Å². The smallest absolute Gasteiger partial charge is 0.331 e. The van der Waals surface area contributed by atoms with E-state index in [0.717, 1.165) is 5.57 Å². The Bertz CT molecular complexity index is 502. The Morgan fingerprint density at radius 2 is 1.84 bits per heavy atom. The summed E-state index contributed by atoms with van der Waals surface area (Å²) in [5, 5.41) is 0. The lowest BCUT2D eigenvalue weighted by molar-refractivity contribution is -0.148. The van der Waals surface area contributed by atoms with E-state index in [1.165, 1.54) is 17.2 Å². The van der Waals surface area contributed by atoms with Gasteiger partial charge in [-0.25, -0.2) is 4.79 Å². The van der Waals surface area contributed by atoms with Crippen LogP contribution in [0.5, 0.6) is 0 Å². The highest BCUT2D eigenvalue weighted by Gasteiger charge is 2.13. The molecular weight excluding hydrogens is 236 g/mol. The van der Waals surface area contributed by atoms with Gasteiger partial charge in [0, 0.05) is 6.08 Å². The summed E-state index contributed by atoms with van der Waals surface area (Å²) in [6.07, 6.45) is 5.11. The molecule has 0 aromatic heterocycles. The number of carbonyl (C=O) groups is 1. The second kappa shape index (κ2) is 6.37. The van der Waals surface area contributed by atoms with Crippen LogP contribution < -0.4 is 0 Å². The van der Waals surface area contributed by atoms with Gasteiger partial charge in [0.1, 0.15) is 5.60 Å². The predicted octanol–water partition coefficient (Wildman–Crippen LogP) is 4.30. The molecule has 0 aliphatic rings. The van der Waals surface area contributed by atoms with Crippen molar-refractivity contribution in [2.75, 3.05) is 0 Å². The van der Waals surface area contributed by atoms with Crippen LogP contribution in [0.15, 0.2) is 42.5 Å². The minimum absolute atomic E-state index is 0.318. The molecule has 0 heterocycles. The Morgan fingerprint density at radius 1 is 1.21 bits per heavy atom. The highest BCUT2D eigenvalue weighted by Crippen LogP contribution is 2.17. The first-order chi connectivity index (χ1) is 8.79. The fourth-order valence-corrected chi connectivity index (χ4v) is 1.71. The summed E-state index contributed by atoms with van der Waals surface area (Å²) in [5.41, 5.74) is 3.09. The summed E-state index contributed by atoms with van der Waals surface area (Å²) in [6, 6.07) is 8.17. The minimum atomic E-state index is -0.448. The van der Waals surface area contributed by atoms with Gasteiger partial charge in [-0.1, -0.05) is 36.4 Å². The van der Waals surface area contributed by atoms with Crippen LogP contribution in [0.4, 0.5) is 0 Å². The number of esters is 1. The van der Waals surface area contributed by atoms with E-state index < -0.39 is 5.60 Å². The molecule has 0 radical (unpaired) electrons. The van der Waals surface area contributed by atoms with Crippen molar-refractivity contribution in [2.24, 2.45) is 0 Å². The quantitative estimate of drug-likeness (QED) is 0.459. The maximum Gasteiger partial charge on any atom is 0.331 e. The van der Waals surface area contributed by atoms with Crippen LogP contribution in [0.1, 0.15) is 38.8 Å². The molecule has 0 spiro atoms. The van der Waals surface area contributed by atoms with Crippen LogP contribution in [0.2, 0.25) is 0 Å². The van der Waals surface area contributed by atoms with Crippen molar-refractivity contribution in [2.45, 2.75) is 40.2 Å². The molecule has 0 saturated heterocycles. The highest BCUT2D eigenvalue weighted by atomic mass is 16.6. The van der Waals surface area contributed by atoms with Gasteiger partial charge >= 0.3 is 5.97 Å². The van der Waals surface area contributed by atoms with E-state index >= 15 is 0 Å². The third-order valence-corrected chi connectivity index (χ3v) is 2.56. The standard InChI is InChI=1S/C17H22O2/c1-13-9-6-7-11-15(13)14(2)10-8-12-16(18)19-17(3,4)5/h6-12H,1-5H3/b12-8+,14-10+. The SMILES string of the molecule is C/C(=C\C=C\C(=O)OC(C)(C)C)c1ccccc1C. The lowest BCUT2D eigenvalue weighted by Gasteiger charge is -2.17. The molecule has 0 unspecified atom stereocenters. The number of allylic oxidation sites excluding steroid dienone is 3. The summed E-state index contributed by atoms with van der Waals surface area (Å²) in [6.45, 7) is 9.67. The zero-order chi connectivity index (χ0) is 14.5. The Labute approximate surface area is 115 Å². The lowest BCUT2D eigenvalue weighted by Crippen LogP contribution is -2.22. The Hall–Kier alpha value is -1.83. The lowest BCUT2D eigenvalue weighted by atomic mass is 10.0. The number of carbonyl (C=O) groups excluding carboxylic acids is 1. The maximum absolute atomic E-state index is 11.5. The number of rotatable bonds is 3. The van der Waals surface area contributed by atoms with Crippen LogP contribution in [-0.4, -0.2) is 11.6 Å². The van der Waals surface area contributed by atoms with Crippen molar-refractivity contribution < 1.29 is 9.53 Å². The monoisotopic (exact) mass is 258 g/mol. The molecule has 0 amide bonds. The molecule has 1 aromatic carbocycles. The molecule has 0 saturated carbocycles. The van der Waals surface area contributed by atoms with Gasteiger partial charge in [-0.2, -0.15) is 0 Å². The van der Waals surface area contributed by atoms with E-state index in [1.54, 1.807) is 6.08 Å². The molecular formula is C17H22O2. The Morgan fingerprint density at radius 3 is 2.42 bits per heavy atom. The maximum atomic E-state index is 11.5. The van der Waals surface area contributed by atoms with Crippen molar-refractivity contribution in [3.63, 3.8) is 0 Å². The molecule has 19 heavy (non-hydrogen) atoms. The molecule has 2 nitrogen and oxygen atoms in total. The average molecular weight is 258 g/mol. The molecule has 0 fully saturated rings. The summed E-state index contributed by atoms with van der Waals surface area (Å²) >= 11 is 0. The average Bonchev–Trinajstić information content (AvgIpc) is 2.26. The fraction of sp³-hybridized carbons (Fsp3) is 0.353. The molecule has 1 rings (SSSR count). The molecule has 2 heteroatoms. The van der Waals surface area contributed by atoms with Crippen LogP contribution in [-0.2, 0) is 9.53 Å². The van der Waals surface area contributed by atoms with Crippen LogP contribution >= 0.6 is 0 Å². The van der Waals surface area contributed by atoms with E-state index in [-0.39, 0.29) is 5.97 Å². The number of ether oxygens (including phenoxy) is 1. The fourth-order valence-electron chi connectivity index (χ4n) is 1.71. The number of hydrogen-bond acceptors (Lipinski definition) is 2. The first-order valence-electron chi connectivity index (χ1n) is 6.43. The predicted molar refractivity (Wildman–Crippen MR) is 79.8 cm³/mol. The first-order valence-corrected chi connectivity index (χ1v) is 6.43. The van der Waals surface area contributed by atoms with Crippen LogP contribution in [0.3, 0.4) is 0 Å². The van der Waals surface area contributed by atoms with Crippen molar-refractivity contribution in [1.82, 2.24) is 0 Å². The molecule has 1 aromatic rings. The summed E-state index contributed by atoms with van der Waals surface area (Å²) in [7, 11) is 0. The second-order valence-electron chi connectivity index (χ2n) is 5.56. The minimum Gasteiger partial charge on any atom is -0.457 e. The van der Waals surface area contributed by atoms with E-state index in [0.29, 0.717) is 0 Å². The summed E-state index contributed by atoms with van der Waals surface area (Å²) in [5.74, 6) is -0.318. The first kappa shape index (κ1) is 15.2. The van der Waals surface area contributed by atoms with Crippen molar-refractivity contribution in [3.8, 4) is 0 Å². The number of benzene rings is 1. The molecule has 102 valence electrons. The topological polar surface area (TPSA) is 26.3 Å². The number of aryl methyl sites for hydroxylation is 1. The van der Waals surface area contributed by atoms with E-state index in [2.05, 4.69) is 19.1 Å². The molecule has 0 aliphatic carbocycles. The van der Waals surface area contributed by atoms with E-state index in [4.69, 9.17) is 4.74 Å². The Balaban J connectivity index is 2.72. The van der Waals surface area contributed by atoms with E-state index in [9.17, 15) is 4.79 Å². The largest absolute Gasteiger partial charge is 0.457 e. The van der Waals surface area contributed by atoms with Crippen LogP contribution in [0, 0.1) is 6.92 Å². The van der Waals surface area contributed by atoms with Gasteiger partial charge in [0.25, 0.3) is 0 Å². The van der Waals surface area contributed by atoms with Crippen molar-refractivity contribution in [3.05, 3.63) is 53.6 Å². The van der Waals surface area contributed by atoms with Gasteiger partial charge in [0.05, 0.1) is 0 Å². The van der Waals surface area contributed by atoms with E-state index in [1.807, 2.05) is 45.9 Å². The highest BCUT2D eigenvalue weighted by molar-refractivity contribution is 5.83. The summed E-state index contributed by atoms with van der Waals surface area (Å²) in [4.78, 5) is 11.5.